The first-order valence-electron chi connectivity index (χ1n) is 10.4. The summed E-state index contributed by atoms with van der Waals surface area (Å²) in [4.78, 5) is 26.9. The second-order valence-corrected chi connectivity index (χ2v) is 8.90. The number of carboxylic acid groups (broad SMARTS) is 1. The van der Waals surface area contributed by atoms with Crippen molar-refractivity contribution in [3.05, 3.63) is 57.8 Å². The Morgan fingerprint density at radius 1 is 1.21 bits per heavy atom. The van der Waals surface area contributed by atoms with Crippen molar-refractivity contribution in [2.45, 2.75) is 63.5 Å². The fraction of sp³-hybridized carbons (Fsp3) is 0.478. The first-order chi connectivity index (χ1) is 14.0. The average molecular weight is 416 g/mol. The molecule has 0 unspecified atom stereocenters. The number of amides is 1. The number of aromatic carboxylic acids is 1. The van der Waals surface area contributed by atoms with Crippen LogP contribution in [0.25, 0.3) is 0 Å². The van der Waals surface area contributed by atoms with Crippen molar-refractivity contribution in [1.82, 2.24) is 4.90 Å². The van der Waals surface area contributed by atoms with E-state index in [-0.39, 0.29) is 11.9 Å². The lowest BCUT2D eigenvalue weighted by atomic mass is 9.94. The van der Waals surface area contributed by atoms with E-state index in [1.54, 1.807) is 6.07 Å². The zero-order valence-electron chi connectivity index (χ0n) is 16.6. The van der Waals surface area contributed by atoms with Crippen molar-refractivity contribution in [2.24, 2.45) is 0 Å². The fourth-order valence-corrected chi connectivity index (χ4v) is 4.91. The molecule has 1 amide bonds. The zero-order valence-corrected chi connectivity index (χ0v) is 17.4. The van der Waals surface area contributed by atoms with Gasteiger partial charge in [-0.05, 0) is 62.6 Å². The van der Waals surface area contributed by atoms with Crippen molar-refractivity contribution in [1.29, 1.82) is 0 Å². The second kappa shape index (κ2) is 10.6. The minimum Gasteiger partial charge on any atom is -0.477 e. The number of aliphatic hydroxyl groups excluding tert-OH is 1. The number of carbonyl (C=O) groups is 2. The highest BCUT2D eigenvalue weighted by atomic mass is 32.1. The fourth-order valence-electron chi connectivity index (χ4n) is 4.02. The van der Waals surface area contributed by atoms with Crippen LogP contribution in [0.1, 0.15) is 58.6 Å². The summed E-state index contributed by atoms with van der Waals surface area (Å²) in [6.45, 7) is 0.693. The lowest BCUT2D eigenvalue weighted by Gasteiger charge is -2.36. The lowest BCUT2D eigenvalue weighted by molar-refractivity contribution is -0.136. The molecule has 1 aliphatic heterocycles. The molecule has 2 atom stereocenters. The number of rotatable bonds is 10. The molecule has 0 aliphatic carbocycles. The number of thiophene rings is 1. The standard InChI is InChI=1S/C23H29NO4S/c25-19(16-17-6-2-1-3-7-17)12-11-18-8-4-10-22(26)24(18)15-5-9-20-13-14-21(29-20)23(27)28/h1-3,6-7,13-14,18-19,25H,4-5,8-12,15-16H2,(H,27,28)/t18-,19+/m1/s1. The Kier molecular flexibility index (Phi) is 7.83. The van der Waals surface area contributed by atoms with Gasteiger partial charge in [-0.3, -0.25) is 4.79 Å². The minimum absolute atomic E-state index is 0.194. The number of hydrogen-bond acceptors (Lipinski definition) is 4. The Morgan fingerprint density at radius 3 is 2.72 bits per heavy atom. The number of piperidine rings is 1. The summed E-state index contributed by atoms with van der Waals surface area (Å²) in [6, 6.07) is 13.7. The number of nitrogens with zero attached hydrogens (tertiary/aromatic N) is 1. The van der Waals surface area contributed by atoms with Gasteiger partial charge in [0.15, 0.2) is 0 Å². The van der Waals surface area contributed by atoms with Gasteiger partial charge in [0, 0.05) is 23.9 Å². The summed E-state index contributed by atoms with van der Waals surface area (Å²) < 4.78 is 0. The van der Waals surface area contributed by atoms with Gasteiger partial charge in [-0.25, -0.2) is 4.79 Å². The molecule has 1 aliphatic rings. The molecule has 29 heavy (non-hydrogen) atoms. The van der Waals surface area contributed by atoms with Crippen molar-refractivity contribution < 1.29 is 19.8 Å². The zero-order chi connectivity index (χ0) is 20.6. The topological polar surface area (TPSA) is 77.8 Å². The monoisotopic (exact) mass is 415 g/mol. The van der Waals surface area contributed by atoms with Crippen molar-refractivity contribution in [3.63, 3.8) is 0 Å². The first kappa shape index (κ1) is 21.5. The molecule has 0 spiro atoms. The van der Waals surface area contributed by atoms with Crippen LogP contribution in [-0.4, -0.2) is 45.7 Å². The van der Waals surface area contributed by atoms with Gasteiger partial charge in [-0.1, -0.05) is 30.3 Å². The van der Waals surface area contributed by atoms with E-state index in [2.05, 4.69) is 0 Å². The van der Waals surface area contributed by atoms with Crippen LogP contribution in [0.15, 0.2) is 42.5 Å². The third kappa shape index (κ3) is 6.41. The number of benzene rings is 1. The highest BCUT2D eigenvalue weighted by molar-refractivity contribution is 7.13. The normalized spacial score (nSPS) is 18.0. The van der Waals surface area contributed by atoms with E-state index in [1.165, 1.54) is 11.3 Å². The van der Waals surface area contributed by atoms with Gasteiger partial charge in [-0.15, -0.1) is 11.3 Å². The third-order valence-electron chi connectivity index (χ3n) is 5.53. The van der Waals surface area contributed by atoms with Crippen LogP contribution in [0, 0.1) is 0 Å². The van der Waals surface area contributed by atoms with Crippen molar-refractivity contribution in [3.8, 4) is 0 Å². The molecule has 0 saturated carbocycles. The molecule has 0 radical (unpaired) electrons. The van der Waals surface area contributed by atoms with Gasteiger partial charge in [0.25, 0.3) is 0 Å². The molecular formula is C23H29NO4S. The van der Waals surface area contributed by atoms with E-state index >= 15 is 0 Å². The summed E-state index contributed by atoms with van der Waals surface area (Å²) in [5.74, 6) is -0.683. The first-order valence-corrected chi connectivity index (χ1v) is 11.2. The van der Waals surface area contributed by atoms with E-state index in [0.717, 1.165) is 42.5 Å². The average Bonchev–Trinajstić information content (AvgIpc) is 3.18. The van der Waals surface area contributed by atoms with Gasteiger partial charge in [0.2, 0.25) is 5.91 Å². The van der Waals surface area contributed by atoms with Crippen LogP contribution in [0.3, 0.4) is 0 Å². The summed E-state index contributed by atoms with van der Waals surface area (Å²) in [5, 5.41) is 19.4. The summed E-state index contributed by atoms with van der Waals surface area (Å²) in [5.41, 5.74) is 1.13. The minimum atomic E-state index is -0.887. The Hall–Kier alpha value is -2.18. The largest absolute Gasteiger partial charge is 0.477 e. The van der Waals surface area contributed by atoms with Crippen LogP contribution < -0.4 is 0 Å². The highest BCUT2D eigenvalue weighted by Gasteiger charge is 2.27. The number of carboxylic acids is 1. The van der Waals surface area contributed by atoms with Crippen molar-refractivity contribution >= 4 is 23.2 Å². The number of hydrogen-bond donors (Lipinski definition) is 2. The molecule has 5 nitrogen and oxygen atoms in total. The van der Waals surface area contributed by atoms with Gasteiger partial charge >= 0.3 is 5.97 Å². The van der Waals surface area contributed by atoms with Crippen LogP contribution in [0.5, 0.6) is 0 Å². The van der Waals surface area contributed by atoms with E-state index in [9.17, 15) is 14.7 Å². The second-order valence-electron chi connectivity index (χ2n) is 7.73. The van der Waals surface area contributed by atoms with E-state index in [1.807, 2.05) is 41.3 Å². The third-order valence-corrected chi connectivity index (χ3v) is 6.66. The predicted octanol–water partition coefficient (Wildman–Crippen LogP) is 4.14. The Labute approximate surface area is 176 Å². The van der Waals surface area contributed by atoms with Gasteiger partial charge in [-0.2, -0.15) is 0 Å². The molecule has 2 N–H and O–H groups in total. The maximum Gasteiger partial charge on any atom is 0.345 e. The van der Waals surface area contributed by atoms with Gasteiger partial charge < -0.3 is 15.1 Å². The predicted molar refractivity (Wildman–Crippen MR) is 114 cm³/mol. The van der Waals surface area contributed by atoms with Crippen molar-refractivity contribution in [2.75, 3.05) is 6.54 Å². The Balaban J connectivity index is 1.47. The quantitative estimate of drug-likeness (QED) is 0.611. The van der Waals surface area contributed by atoms with Crippen LogP contribution in [0.2, 0.25) is 0 Å². The molecule has 156 valence electrons. The molecule has 6 heteroatoms. The van der Waals surface area contributed by atoms with Crippen LogP contribution in [-0.2, 0) is 17.6 Å². The molecule has 1 saturated heterocycles. The molecular weight excluding hydrogens is 386 g/mol. The van der Waals surface area contributed by atoms with Crippen LogP contribution >= 0.6 is 11.3 Å². The molecule has 2 heterocycles. The molecule has 1 aromatic carbocycles. The van der Waals surface area contributed by atoms with Crippen LogP contribution in [0.4, 0.5) is 0 Å². The molecule has 3 rings (SSSR count). The SMILES string of the molecule is O=C(O)c1ccc(CCCN2C(=O)CCC[C@@H]2CC[C@H](O)Cc2ccccc2)s1. The summed E-state index contributed by atoms with van der Waals surface area (Å²) in [6.07, 6.45) is 5.89. The molecule has 1 fully saturated rings. The molecule has 0 bridgehead atoms. The van der Waals surface area contributed by atoms with E-state index < -0.39 is 12.1 Å². The van der Waals surface area contributed by atoms with Gasteiger partial charge in [0.05, 0.1) is 6.10 Å². The van der Waals surface area contributed by atoms with E-state index in [0.29, 0.717) is 30.7 Å². The number of likely N-dealkylation sites (tertiary alicyclic amines) is 1. The maximum absolute atomic E-state index is 12.5. The molecule has 1 aromatic heterocycles. The highest BCUT2D eigenvalue weighted by Crippen LogP contribution is 2.24. The molecule has 2 aromatic rings. The Bertz CT molecular complexity index is 804. The number of aryl methyl sites for hydroxylation is 1. The van der Waals surface area contributed by atoms with E-state index in [4.69, 9.17) is 5.11 Å². The number of aliphatic hydroxyl groups is 1. The lowest BCUT2D eigenvalue weighted by Crippen LogP contribution is -2.44. The summed E-state index contributed by atoms with van der Waals surface area (Å²) in [7, 11) is 0. The number of carbonyl (C=O) groups excluding carboxylic acids is 1. The summed E-state index contributed by atoms with van der Waals surface area (Å²) >= 11 is 1.31. The smallest absolute Gasteiger partial charge is 0.345 e. The Morgan fingerprint density at radius 2 is 2.00 bits per heavy atom. The van der Waals surface area contributed by atoms with Gasteiger partial charge in [0.1, 0.15) is 4.88 Å². The maximum atomic E-state index is 12.5.